The monoisotopic (exact) mass is 330 g/mol. The van der Waals surface area contributed by atoms with Crippen LogP contribution in [0, 0.1) is 23.7 Å². The molecule has 0 N–H and O–H groups in total. The molecule has 0 amide bonds. The number of nitrogens with zero attached hydrogens (tertiary/aromatic N) is 2. The van der Waals surface area contributed by atoms with E-state index in [0.717, 1.165) is 33.0 Å². The molecule has 0 saturated carbocycles. The molecule has 0 bridgehead atoms. The SMILES string of the molecule is C(#Cc1cccc2cccc(C#Cc3ccncc3)c12)c1ccncc1. The molecule has 26 heavy (non-hydrogen) atoms. The van der Waals surface area contributed by atoms with Crippen LogP contribution < -0.4 is 0 Å². The summed E-state index contributed by atoms with van der Waals surface area (Å²) in [4.78, 5) is 8.05. The third-order valence-electron chi connectivity index (χ3n) is 3.95. The Balaban J connectivity index is 1.83. The molecule has 0 radical (unpaired) electrons. The Hall–Kier alpha value is -3.88. The number of rotatable bonds is 0. The smallest absolute Gasteiger partial charge is 0.0340 e. The number of fused-ring (bicyclic) bond motifs is 1. The fourth-order valence-corrected chi connectivity index (χ4v) is 2.70. The van der Waals surface area contributed by atoms with Gasteiger partial charge in [-0.15, -0.1) is 0 Å². The van der Waals surface area contributed by atoms with Gasteiger partial charge >= 0.3 is 0 Å². The maximum atomic E-state index is 4.03. The van der Waals surface area contributed by atoms with Gasteiger partial charge in [0.2, 0.25) is 0 Å². The van der Waals surface area contributed by atoms with E-state index < -0.39 is 0 Å². The van der Waals surface area contributed by atoms with Gasteiger partial charge in [-0.05, 0) is 41.8 Å². The zero-order valence-electron chi connectivity index (χ0n) is 14.0. The van der Waals surface area contributed by atoms with Crippen LogP contribution in [0.5, 0.6) is 0 Å². The van der Waals surface area contributed by atoms with E-state index in [2.05, 4.69) is 45.8 Å². The summed E-state index contributed by atoms with van der Waals surface area (Å²) in [5.74, 6) is 13.0. The highest BCUT2D eigenvalue weighted by atomic mass is 14.6. The Morgan fingerprint density at radius 1 is 0.500 bits per heavy atom. The number of benzene rings is 2. The number of hydrogen-bond acceptors (Lipinski definition) is 2. The lowest BCUT2D eigenvalue weighted by Crippen LogP contribution is -1.86. The summed E-state index contributed by atoms with van der Waals surface area (Å²) >= 11 is 0. The molecular weight excluding hydrogens is 316 g/mol. The molecule has 4 rings (SSSR count). The van der Waals surface area contributed by atoms with Crippen molar-refractivity contribution in [2.24, 2.45) is 0 Å². The van der Waals surface area contributed by atoms with Crippen LogP contribution in [0.15, 0.2) is 85.5 Å². The van der Waals surface area contributed by atoms with E-state index in [1.165, 1.54) is 0 Å². The molecule has 0 aliphatic rings. The summed E-state index contributed by atoms with van der Waals surface area (Å²) in [5, 5.41) is 2.21. The van der Waals surface area contributed by atoms with Crippen LogP contribution >= 0.6 is 0 Å². The number of pyridine rings is 2. The van der Waals surface area contributed by atoms with E-state index in [1.54, 1.807) is 24.8 Å². The van der Waals surface area contributed by atoms with E-state index in [-0.39, 0.29) is 0 Å². The average Bonchev–Trinajstić information content (AvgIpc) is 2.72. The van der Waals surface area contributed by atoms with Gasteiger partial charge in [-0.3, -0.25) is 9.97 Å². The van der Waals surface area contributed by atoms with E-state index in [0.29, 0.717) is 0 Å². The third kappa shape index (κ3) is 3.46. The molecule has 0 atom stereocenters. The number of hydrogen-bond donors (Lipinski definition) is 0. The topological polar surface area (TPSA) is 25.8 Å². The van der Waals surface area contributed by atoms with Gasteiger partial charge in [0.25, 0.3) is 0 Å². The quantitative estimate of drug-likeness (QED) is 0.446. The van der Waals surface area contributed by atoms with Gasteiger partial charge in [0.15, 0.2) is 0 Å². The van der Waals surface area contributed by atoms with Crippen molar-refractivity contribution in [3.8, 4) is 23.7 Å². The Morgan fingerprint density at radius 3 is 1.42 bits per heavy atom. The van der Waals surface area contributed by atoms with E-state index in [1.807, 2.05) is 48.5 Å². The second kappa shape index (κ2) is 7.34. The summed E-state index contributed by atoms with van der Waals surface area (Å²) in [5.41, 5.74) is 3.83. The molecule has 0 aliphatic carbocycles. The summed E-state index contributed by atoms with van der Waals surface area (Å²) in [6.45, 7) is 0. The van der Waals surface area contributed by atoms with Crippen molar-refractivity contribution in [3.63, 3.8) is 0 Å². The van der Waals surface area contributed by atoms with Gasteiger partial charge in [0, 0.05) is 52.4 Å². The zero-order chi connectivity index (χ0) is 17.6. The molecule has 2 aromatic carbocycles. The van der Waals surface area contributed by atoms with Crippen molar-refractivity contribution >= 4 is 10.8 Å². The summed E-state index contributed by atoms with van der Waals surface area (Å²) in [6, 6.07) is 19.9. The fourth-order valence-electron chi connectivity index (χ4n) is 2.70. The molecule has 0 spiro atoms. The fraction of sp³-hybridized carbons (Fsp3) is 0. The van der Waals surface area contributed by atoms with Crippen molar-refractivity contribution < 1.29 is 0 Å². The molecule has 2 nitrogen and oxygen atoms in total. The van der Waals surface area contributed by atoms with Crippen LogP contribution in [0.4, 0.5) is 0 Å². The maximum absolute atomic E-state index is 4.03. The highest BCUT2D eigenvalue weighted by Crippen LogP contribution is 2.22. The lowest BCUT2D eigenvalue weighted by Gasteiger charge is -2.03. The van der Waals surface area contributed by atoms with Gasteiger partial charge in [-0.1, -0.05) is 47.9 Å². The predicted octanol–water partition coefficient (Wildman–Crippen LogP) is 4.43. The average molecular weight is 330 g/mol. The van der Waals surface area contributed by atoms with Gasteiger partial charge < -0.3 is 0 Å². The zero-order valence-corrected chi connectivity index (χ0v) is 14.0. The van der Waals surface area contributed by atoms with Gasteiger partial charge in [-0.2, -0.15) is 0 Å². The van der Waals surface area contributed by atoms with E-state index >= 15 is 0 Å². The highest BCUT2D eigenvalue weighted by molar-refractivity contribution is 5.93. The van der Waals surface area contributed by atoms with Crippen molar-refractivity contribution in [2.75, 3.05) is 0 Å². The predicted molar refractivity (Wildman–Crippen MR) is 104 cm³/mol. The Bertz CT molecular complexity index is 1080. The van der Waals surface area contributed by atoms with Crippen LogP contribution in [0.2, 0.25) is 0 Å². The summed E-state index contributed by atoms with van der Waals surface area (Å²) in [7, 11) is 0. The van der Waals surface area contributed by atoms with Crippen LogP contribution in [0.25, 0.3) is 10.8 Å². The van der Waals surface area contributed by atoms with Crippen LogP contribution in [0.1, 0.15) is 22.3 Å². The minimum atomic E-state index is 0.942. The molecule has 2 aromatic heterocycles. The molecule has 0 fully saturated rings. The van der Waals surface area contributed by atoms with Crippen LogP contribution in [-0.4, -0.2) is 9.97 Å². The molecule has 120 valence electrons. The van der Waals surface area contributed by atoms with Gasteiger partial charge in [-0.25, -0.2) is 0 Å². The van der Waals surface area contributed by atoms with E-state index in [4.69, 9.17) is 0 Å². The lowest BCUT2D eigenvalue weighted by molar-refractivity contribution is 1.32. The molecule has 2 heteroatoms. The van der Waals surface area contributed by atoms with Gasteiger partial charge in [0.05, 0.1) is 0 Å². The van der Waals surface area contributed by atoms with Crippen molar-refractivity contribution in [1.29, 1.82) is 0 Å². The minimum absolute atomic E-state index is 0.942. The largest absolute Gasteiger partial charge is 0.265 e. The van der Waals surface area contributed by atoms with Crippen molar-refractivity contribution in [2.45, 2.75) is 0 Å². The molecule has 0 saturated heterocycles. The van der Waals surface area contributed by atoms with Crippen molar-refractivity contribution in [1.82, 2.24) is 9.97 Å². The Kier molecular flexibility index (Phi) is 4.42. The molecular formula is C24H14N2. The summed E-state index contributed by atoms with van der Waals surface area (Å²) < 4.78 is 0. The first-order valence-corrected chi connectivity index (χ1v) is 8.26. The second-order valence-corrected chi connectivity index (χ2v) is 5.68. The molecule has 2 heterocycles. The Morgan fingerprint density at radius 2 is 0.962 bits per heavy atom. The first-order chi connectivity index (χ1) is 12.9. The first-order valence-electron chi connectivity index (χ1n) is 8.26. The number of aromatic nitrogens is 2. The lowest BCUT2D eigenvalue weighted by atomic mass is 9.99. The highest BCUT2D eigenvalue weighted by Gasteiger charge is 2.03. The Labute approximate surface area is 152 Å². The van der Waals surface area contributed by atoms with Crippen LogP contribution in [-0.2, 0) is 0 Å². The molecule has 4 aromatic rings. The standard InChI is InChI=1S/C24H14N2/c1-3-21-4-2-6-23(10-8-20-13-17-26-18-14-20)24(21)22(5-1)9-7-19-11-15-25-16-12-19/h1-6,11-18H. The normalized spacial score (nSPS) is 9.69. The third-order valence-corrected chi connectivity index (χ3v) is 3.95. The minimum Gasteiger partial charge on any atom is -0.265 e. The van der Waals surface area contributed by atoms with Gasteiger partial charge in [0.1, 0.15) is 0 Å². The molecule has 0 unspecified atom stereocenters. The molecule has 0 aliphatic heterocycles. The van der Waals surface area contributed by atoms with Crippen LogP contribution in [0.3, 0.4) is 0 Å². The van der Waals surface area contributed by atoms with E-state index in [9.17, 15) is 0 Å². The van der Waals surface area contributed by atoms with Crippen molar-refractivity contribution in [3.05, 3.63) is 108 Å². The summed E-state index contributed by atoms with van der Waals surface area (Å²) in [6.07, 6.45) is 6.99. The second-order valence-electron chi connectivity index (χ2n) is 5.68. The maximum Gasteiger partial charge on any atom is 0.0340 e. The first kappa shape index (κ1) is 15.6.